The van der Waals surface area contributed by atoms with Crippen molar-refractivity contribution in [3.63, 3.8) is 0 Å². The monoisotopic (exact) mass is 246 g/mol. The van der Waals surface area contributed by atoms with E-state index in [1.165, 1.54) is 0 Å². The highest BCUT2D eigenvalue weighted by Crippen LogP contribution is 2.22. The minimum absolute atomic E-state index is 0.00723. The molecule has 1 aromatic heterocycles. The van der Waals surface area contributed by atoms with Crippen molar-refractivity contribution >= 4 is 16.7 Å². The molecular formula is C14H18N2O2. The largest absolute Gasteiger partial charge is 0.395 e. The second kappa shape index (κ2) is 5.80. The van der Waals surface area contributed by atoms with Gasteiger partial charge in [0.1, 0.15) is 5.82 Å². The Labute approximate surface area is 107 Å². The Morgan fingerprint density at radius 2 is 2.00 bits per heavy atom. The Hall–Kier alpha value is -1.65. The predicted octanol–water partition coefficient (Wildman–Crippen LogP) is 1.55. The number of nitrogens with zero attached hydrogens (tertiary/aromatic N) is 2. The Kier molecular flexibility index (Phi) is 4.12. The minimum Gasteiger partial charge on any atom is -0.395 e. The smallest absolute Gasteiger partial charge is 0.129 e. The van der Waals surface area contributed by atoms with Crippen LogP contribution in [-0.4, -0.2) is 34.9 Å². The molecule has 4 nitrogen and oxygen atoms in total. The van der Waals surface area contributed by atoms with Gasteiger partial charge in [-0.25, -0.2) is 4.98 Å². The van der Waals surface area contributed by atoms with Crippen LogP contribution in [0.2, 0.25) is 0 Å². The molecule has 2 rings (SSSR count). The van der Waals surface area contributed by atoms with Crippen LogP contribution in [0.25, 0.3) is 10.9 Å². The maximum atomic E-state index is 9.45. The summed E-state index contributed by atoms with van der Waals surface area (Å²) in [6, 6.07) is 9.66. The minimum atomic E-state index is -0.00723. The molecule has 0 unspecified atom stereocenters. The lowest BCUT2D eigenvalue weighted by atomic mass is 10.1. The summed E-state index contributed by atoms with van der Waals surface area (Å²) in [6.07, 6.45) is 0. The molecule has 2 aromatic rings. The molecule has 0 bridgehead atoms. The van der Waals surface area contributed by atoms with Gasteiger partial charge < -0.3 is 15.1 Å². The molecule has 0 aliphatic carbocycles. The average Bonchev–Trinajstić information content (AvgIpc) is 2.43. The number of aliphatic hydroxyl groups is 2. The van der Waals surface area contributed by atoms with Gasteiger partial charge in [0, 0.05) is 18.5 Å². The van der Waals surface area contributed by atoms with E-state index in [0.717, 1.165) is 28.8 Å². The van der Waals surface area contributed by atoms with Gasteiger partial charge in [0.15, 0.2) is 0 Å². The van der Waals surface area contributed by atoms with E-state index < -0.39 is 0 Å². The molecule has 18 heavy (non-hydrogen) atoms. The molecule has 0 atom stereocenters. The standard InChI is InChI=1S/C14H18N2O2/c1-2-16(7-8-17)14-9-11(10-18)12-5-3-4-6-13(12)15-14/h3-6,9,17-18H,2,7-8,10H2,1H3. The number of aromatic nitrogens is 1. The molecule has 0 spiro atoms. The van der Waals surface area contributed by atoms with E-state index >= 15 is 0 Å². The van der Waals surface area contributed by atoms with Gasteiger partial charge in [-0.2, -0.15) is 0 Å². The molecular weight excluding hydrogens is 228 g/mol. The van der Waals surface area contributed by atoms with E-state index in [9.17, 15) is 5.11 Å². The van der Waals surface area contributed by atoms with Crippen LogP contribution >= 0.6 is 0 Å². The summed E-state index contributed by atoms with van der Waals surface area (Å²) in [5.74, 6) is 0.800. The molecule has 4 heteroatoms. The highest BCUT2D eigenvalue weighted by molar-refractivity contribution is 5.84. The van der Waals surface area contributed by atoms with E-state index in [0.29, 0.717) is 6.54 Å². The SMILES string of the molecule is CCN(CCO)c1cc(CO)c2ccccc2n1. The van der Waals surface area contributed by atoms with Gasteiger partial charge in [-0.1, -0.05) is 18.2 Å². The molecule has 0 saturated heterocycles. The number of hydrogen-bond donors (Lipinski definition) is 2. The van der Waals surface area contributed by atoms with Crippen LogP contribution in [0.5, 0.6) is 0 Å². The number of likely N-dealkylation sites (N-methyl/N-ethyl adjacent to an activating group) is 1. The van der Waals surface area contributed by atoms with Crippen molar-refractivity contribution in [2.75, 3.05) is 24.6 Å². The number of rotatable bonds is 5. The molecule has 0 amide bonds. The normalized spacial score (nSPS) is 10.8. The lowest BCUT2D eigenvalue weighted by Crippen LogP contribution is -2.27. The van der Waals surface area contributed by atoms with E-state index in [-0.39, 0.29) is 13.2 Å². The Morgan fingerprint density at radius 3 is 2.67 bits per heavy atom. The summed E-state index contributed by atoms with van der Waals surface area (Å²) in [6.45, 7) is 3.43. The Bertz CT molecular complexity index is 528. The van der Waals surface area contributed by atoms with Crippen LogP contribution in [0.1, 0.15) is 12.5 Å². The van der Waals surface area contributed by atoms with Gasteiger partial charge in [0.05, 0.1) is 18.7 Å². The maximum absolute atomic E-state index is 9.45. The quantitative estimate of drug-likeness (QED) is 0.840. The zero-order chi connectivity index (χ0) is 13.0. The summed E-state index contributed by atoms with van der Waals surface area (Å²) in [5, 5.41) is 19.5. The number of pyridine rings is 1. The summed E-state index contributed by atoms with van der Waals surface area (Å²) in [7, 11) is 0. The highest BCUT2D eigenvalue weighted by Gasteiger charge is 2.09. The first-order chi connectivity index (χ1) is 8.80. The van der Waals surface area contributed by atoms with Gasteiger partial charge in [0.2, 0.25) is 0 Å². The van der Waals surface area contributed by atoms with Gasteiger partial charge >= 0.3 is 0 Å². The second-order valence-electron chi connectivity index (χ2n) is 4.12. The van der Waals surface area contributed by atoms with Crippen LogP contribution in [-0.2, 0) is 6.61 Å². The lowest BCUT2D eigenvalue weighted by molar-refractivity contribution is 0.283. The van der Waals surface area contributed by atoms with Crippen molar-refractivity contribution in [3.05, 3.63) is 35.9 Å². The first-order valence-corrected chi connectivity index (χ1v) is 6.15. The van der Waals surface area contributed by atoms with E-state index in [4.69, 9.17) is 5.11 Å². The third kappa shape index (κ3) is 2.44. The molecule has 0 aliphatic heterocycles. The van der Waals surface area contributed by atoms with Crippen LogP contribution < -0.4 is 4.90 Å². The average molecular weight is 246 g/mol. The first kappa shape index (κ1) is 12.8. The number of para-hydroxylation sites is 1. The first-order valence-electron chi connectivity index (χ1n) is 6.15. The van der Waals surface area contributed by atoms with Gasteiger partial charge in [0.25, 0.3) is 0 Å². The fourth-order valence-corrected chi connectivity index (χ4v) is 2.08. The zero-order valence-corrected chi connectivity index (χ0v) is 10.5. The topological polar surface area (TPSA) is 56.6 Å². The second-order valence-corrected chi connectivity index (χ2v) is 4.12. The van der Waals surface area contributed by atoms with Crippen LogP contribution in [0.3, 0.4) is 0 Å². The number of aliphatic hydroxyl groups excluding tert-OH is 2. The van der Waals surface area contributed by atoms with Crippen LogP contribution in [0, 0.1) is 0 Å². The summed E-state index contributed by atoms with van der Waals surface area (Å²) >= 11 is 0. The molecule has 0 fully saturated rings. The van der Waals surface area contributed by atoms with Crippen molar-refractivity contribution in [2.45, 2.75) is 13.5 Å². The molecule has 1 heterocycles. The van der Waals surface area contributed by atoms with E-state index in [1.54, 1.807) is 0 Å². The fraction of sp³-hybridized carbons (Fsp3) is 0.357. The van der Waals surface area contributed by atoms with Gasteiger partial charge in [-0.15, -0.1) is 0 Å². The third-order valence-electron chi connectivity index (χ3n) is 3.03. The number of anilines is 1. The number of fused-ring (bicyclic) bond motifs is 1. The maximum Gasteiger partial charge on any atom is 0.129 e. The molecule has 0 saturated carbocycles. The Balaban J connectivity index is 2.52. The van der Waals surface area contributed by atoms with E-state index in [1.807, 2.05) is 42.2 Å². The van der Waals surface area contributed by atoms with Crippen molar-refractivity contribution in [1.82, 2.24) is 4.98 Å². The highest BCUT2D eigenvalue weighted by atomic mass is 16.3. The molecule has 2 N–H and O–H groups in total. The Morgan fingerprint density at radius 1 is 1.22 bits per heavy atom. The number of hydrogen-bond acceptors (Lipinski definition) is 4. The number of benzene rings is 1. The predicted molar refractivity (Wildman–Crippen MR) is 72.6 cm³/mol. The lowest BCUT2D eigenvalue weighted by Gasteiger charge is -2.22. The van der Waals surface area contributed by atoms with E-state index in [2.05, 4.69) is 4.98 Å². The van der Waals surface area contributed by atoms with Gasteiger partial charge in [-0.05, 0) is 24.6 Å². The molecule has 0 aliphatic rings. The van der Waals surface area contributed by atoms with Crippen molar-refractivity contribution in [1.29, 1.82) is 0 Å². The van der Waals surface area contributed by atoms with Crippen molar-refractivity contribution in [2.24, 2.45) is 0 Å². The summed E-state index contributed by atoms with van der Waals surface area (Å²) in [4.78, 5) is 6.57. The van der Waals surface area contributed by atoms with Crippen LogP contribution in [0.4, 0.5) is 5.82 Å². The van der Waals surface area contributed by atoms with Crippen molar-refractivity contribution < 1.29 is 10.2 Å². The molecule has 1 aromatic carbocycles. The molecule has 96 valence electrons. The summed E-state index contributed by atoms with van der Waals surface area (Å²) < 4.78 is 0. The zero-order valence-electron chi connectivity index (χ0n) is 10.5. The van der Waals surface area contributed by atoms with Crippen LogP contribution in [0.15, 0.2) is 30.3 Å². The third-order valence-corrected chi connectivity index (χ3v) is 3.03. The molecule has 0 radical (unpaired) electrons. The fourth-order valence-electron chi connectivity index (χ4n) is 2.08. The summed E-state index contributed by atoms with van der Waals surface area (Å²) in [5.41, 5.74) is 1.74. The van der Waals surface area contributed by atoms with Gasteiger partial charge in [-0.3, -0.25) is 0 Å². The van der Waals surface area contributed by atoms with Crippen molar-refractivity contribution in [3.8, 4) is 0 Å².